The predicted octanol–water partition coefficient (Wildman–Crippen LogP) is 2.62. The molecular formula is C11H14N2. The van der Waals surface area contributed by atoms with Gasteiger partial charge in [-0.05, 0) is 31.0 Å². The normalized spacial score (nSPS) is 10.9. The molecule has 2 heteroatoms. The van der Waals surface area contributed by atoms with E-state index in [-0.39, 0.29) is 0 Å². The molecule has 0 atom stereocenters. The van der Waals surface area contributed by atoms with E-state index in [9.17, 15) is 0 Å². The first-order chi connectivity index (χ1) is 6.36. The minimum atomic E-state index is 0.994. The van der Waals surface area contributed by atoms with Crippen molar-refractivity contribution in [2.45, 2.75) is 26.8 Å². The average Bonchev–Trinajstić information content (AvgIpc) is 2.56. The Bertz CT molecular complexity index is 377. The number of hydrogen-bond donors (Lipinski definition) is 0. The summed E-state index contributed by atoms with van der Waals surface area (Å²) in [5.41, 5.74) is 2.51. The second kappa shape index (κ2) is 3.21. The van der Waals surface area contributed by atoms with E-state index in [1.54, 1.807) is 0 Å². The van der Waals surface area contributed by atoms with E-state index in [2.05, 4.69) is 35.7 Å². The number of aryl methyl sites for hydroxylation is 2. The van der Waals surface area contributed by atoms with Crippen molar-refractivity contribution < 1.29 is 0 Å². The summed E-state index contributed by atoms with van der Waals surface area (Å²) in [6.45, 7) is 5.32. The standard InChI is InChI=1S/C11H14N2/c1-3-9-8-13(4-2)11-10(9)6-5-7-12-11/h5-8H,3-4H2,1-2H3. The maximum atomic E-state index is 4.38. The third-order valence-electron chi connectivity index (χ3n) is 2.44. The minimum Gasteiger partial charge on any atom is -0.333 e. The van der Waals surface area contributed by atoms with Crippen molar-refractivity contribution in [3.8, 4) is 0 Å². The van der Waals surface area contributed by atoms with E-state index in [0.717, 1.165) is 18.6 Å². The fraction of sp³-hybridized carbons (Fsp3) is 0.364. The Morgan fingerprint density at radius 2 is 2.23 bits per heavy atom. The van der Waals surface area contributed by atoms with Crippen LogP contribution >= 0.6 is 0 Å². The molecule has 2 nitrogen and oxygen atoms in total. The van der Waals surface area contributed by atoms with Gasteiger partial charge in [0.1, 0.15) is 5.65 Å². The van der Waals surface area contributed by atoms with Gasteiger partial charge in [0.05, 0.1) is 0 Å². The second-order valence-electron chi connectivity index (χ2n) is 3.17. The Balaban J connectivity index is 2.74. The molecule has 2 heterocycles. The van der Waals surface area contributed by atoms with Crippen molar-refractivity contribution in [3.63, 3.8) is 0 Å². The number of nitrogens with zero attached hydrogens (tertiary/aromatic N) is 2. The van der Waals surface area contributed by atoms with Crippen molar-refractivity contribution >= 4 is 11.0 Å². The fourth-order valence-electron chi connectivity index (χ4n) is 1.72. The Kier molecular flexibility index (Phi) is 2.05. The molecule has 0 aliphatic carbocycles. The van der Waals surface area contributed by atoms with Crippen LogP contribution < -0.4 is 0 Å². The van der Waals surface area contributed by atoms with Crippen LogP contribution in [0.15, 0.2) is 24.5 Å². The molecule has 0 saturated carbocycles. The molecular weight excluding hydrogens is 160 g/mol. The molecule has 0 saturated heterocycles. The molecule has 2 rings (SSSR count). The lowest BCUT2D eigenvalue weighted by Gasteiger charge is -1.96. The van der Waals surface area contributed by atoms with Crippen LogP contribution in [-0.2, 0) is 13.0 Å². The van der Waals surface area contributed by atoms with Crippen LogP contribution in [0.2, 0.25) is 0 Å². The van der Waals surface area contributed by atoms with Crippen molar-refractivity contribution in [3.05, 3.63) is 30.1 Å². The van der Waals surface area contributed by atoms with Gasteiger partial charge in [-0.25, -0.2) is 4.98 Å². The Morgan fingerprint density at radius 1 is 1.38 bits per heavy atom. The van der Waals surface area contributed by atoms with Crippen molar-refractivity contribution in [1.29, 1.82) is 0 Å². The number of pyridine rings is 1. The molecule has 0 spiro atoms. The molecule has 68 valence electrons. The predicted molar refractivity (Wildman–Crippen MR) is 54.8 cm³/mol. The molecule has 0 radical (unpaired) electrons. The van der Waals surface area contributed by atoms with Crippen LogP contribution in [-0.4, -0.2) is 9.55 Å². The van der Waals surface area contributed by atoms with E-state index in [0.29, 0.717) is 0 Å². The lowest BCUT2D eigenvalue weighted by molar-refractivity contribution is 0.783. The highest BCUT2D eigenvalue weighted by atomic mass is 15.0. The van der Waals surface area contributed by atoms with Gasteiger partial charge < -0.3 is 4.57 Å². The van der Waals surface area contributed by atoms with Gasteiger partial charge in [0, 0.05) is 24.3 Å². The van der Waals surface area contributed by atoms with Gasteiger partial charge in [-0.15, -0.1) is 0 Å². The molecule has 0 amide bonds. The van der Waals surface area contributed by atoms with Gasteiger partial charge in [0.2, 0.25) is 0 Å². The van der Waals surface area contributed by atoms with Crippen LogP contribution in [0.4, 0.5) is 0 Å². The van der Waals surface area contributed by atoms with E-state index in [1.165, 1.54) is 10.9 Å². The number of fused-ring (bicyclic) bond motifs is 1. The van der Waals surface area contributed by atoms with Gasteiger partial charge in [-0.1, -0.05) is 6.92 Å². The smallest absolute Gasteiger partial charge is 0.140 e. The summed E-state index contributed by atoms with van der Waals surface area (Å²) in [5.74, 6) is 0. The maximum Gasteiger partial charge on any atom is 0.140 e. The van der Waals surface area contributed by atoms with Gasteiger partial charge >= 0.3 is 0 Å². The molecule has 0 bridgehead atoms. The van der Waals surface area contributed by atoms with Crippen molar-refractivity contribution in [1.82, 2.24) is 9.55 Å². The highest BCUT2D eigenvalue weighted by molar-refractivity contribution is 5.80. The molecule has 0 aliphatic rings. The molecule has 0 unspecified atom stereocenters. The quantitative estimate of drug-likeness (QED) is 0.684. The van der Waals surface area contributed by atoms with Gasteiger partial charge in [-0.3, -0.25) is 0 Å². The Hall–Kier alpha value is -1.31. The lowest BCUT2D eigenvalue weighted by Crippen LogP contribution is -1.91. The lowest BCUT2D eigenvalue weighted by atomic mass is 10.2. The van der Waals surface area contributed by atoms with Crippen LogP contribution in [0.3, 0.4) is 0 Å². The molecule has 0 fully saturated rings. The monoisotopic (exact) mass is 174 g/mol. The van der Waals surface area contributed by atoms with E-state index in [4.69, 9.17) is 0 Å². The van der Waals surface area contributed by atoms with Gasteiger partial charge in [0.25, 0.3) is 0 Å². The Labute approximate surface area is 78.2 Å². The summed E-state index contributed by atoms with van der Waals surface area (Å²) in [5, 5.41) is 1.30. The highest BCUT2D eigenvalue weighted by Gasteiger charge is 2.05. The van der Waals surface area contributed by atoms with Crippen LogP contribution in [0.5, 0.6) is 0 Å². The van der Waals surface area contributed by atoms with Crippen molar-refractivity contribution in [2.24, 2.45) is 0 Å². The third kappa shape index (κ3) is 1.22. The van der Waals surface area contributed by atoms with Crippen LogP contribution in [0.1, 0.15) is 19.4 Å². The Morgan fingerprint density at radius 3 is 2.92 bits per heavy atom. The first-order valence-electron chi connectivity index (χ1n) is 4.79. The number of rotatable bonds is 2. The highest BCUT2D eigenvalue weighted by Crippen LogP contribution is 2.19. The largest absolute Gasteiger partial charge is 0.333 e. The van der Waals surface area contributed by atoms with E-state index < -0.39 is 0 Å². The molecule has 2 aromatic heterocycles. The first kappa shape index (κ1) is 8.30. The van der Waals surface area contributed by atoms with Gasteiger partial charge in [-0.2, -0.15) is 0 Å². The van der Waals surface area contributed by atoms with E-state index >= 15 is 0 Å². The zero-order valence-corrected chi connectivity index (χ0v) is 8.12. The summed E-state index contributed by atoms with van der Waals surface area (Å²) in [6, 6.07) is 4.15. The molecule has 0 aliphatic heterocycles. The fourth-order valence-corrected chi connectivity index (χ4v) is 1.72. The summed E-state index contributed by atoms with van der Waals surface area (Å²) in [4.78, 5) is 4.38. The maximum absolute atomic E-state index is 4.38. The zero-order valence-electron chi connectivity index (χ0n) is 8.12. The number of hydrogen-bond acceptors (Lipinski definition) is 1. The van der Waals surface area contributed by atoms with Gasteiger partial charge in [0.15, 0.2) is 0 Å². The van der Waals surface area contributed by atoms with Crippen LogP contribution in [0, 0.1) is 0 Å². The molecule has 0 aromatic carbocycles. The number of aromatic nitrogens is 2. The second-order valence-corrected chi connectivity index (χ2v) is 3.17. The molecule has 0 N–H and O–H groups in total. The molecule has 13 heavy (non-hydrogen) atoms. The zero-order chi connectivity index (χ0) is 9.26. The SMILES string of the molecule is CCc1cn(CC)c2ncccc12. The first-order valence-corrected chi connectivity index (χ1v) is 4.79. The average molecular weight is 174 g/mol. The summed E-state index contributed by atoms with van der Waals surface area (Å²) >= 11 is 0. The van der Waals surface area contributed by atoms with E-state index in [1.807, 2.05) is 12.3 Å². The van der Waals surface area contributed by atoms with Crippen LogP contribution in [0.25, 0.3) is 11.0 Å². The summed E-state index contributed by atoms with van der Waals surface area (Å²) in [6.07, 6.45) is 5.14. The molecule has 2 aromatic rings. The topological polar surface area (TPSA) is 17.8 Å². The summed E-state index contributed by atoms with van der Waals surface area (Å²) in [7, 11) is 0. The minimum absolute atomic E-state index is 0.994. The van der Waals surface area contributed by atoms with Crippen molar-refractivity contribution in [2.75, 3.05) is 0 Å². The summed E-state index contributed by atoms with van der Waals surface area (Å²) < 4.78 is 2.20. The third-order valence-corrected chi connectivity index (χ3v) is 2.44.